The summed E-state index contributed by atoms with van der Waals surface area (Å²) in [4.78, 5) is 22.8. The first kappa shape index (κ1) is 15.3. The monoisotopic (exact) mass is 295 g/mol. The summed E-state index contributed by atoms with van der Waals surface area (Å²) in [5.74, 6) is 0.502. The average molecular weight is 295 g/mol. The van der Waals surface area contributed by atoms with Crippen molar-refractivity contribution in [2.45, 2.75) is 45.1 Å². The highest BCUT2D eigenvalue weighted by molar-refractivity contribution is 7.99. The van der Waals surface area contributed by atoms with Gasteiger partial charge in [0.1, 0.15) is 0 Å². The first-order chi connectivity index (χ1) is 9.44. The maximum Gasteiger partial charge on any atom is 0.233 e. The molecule has 0 saturated carbocycles. The molecule has 2 unspecified atom stereocenters. The van der Waals surface area contributed by atoms with Gasteiger partial charge in [0.15, 0.2) is 5.16 Å². The van der Waals surface area contributed by atoms with E-state index in [1.165, 1.54) is 11.8 Å². The van der Waals surface area contributed by atoms with Crippen molar-refractivity contribution < 1.29 is 9.53 Å². The van der Waals surface area contributed by atoms with Gasteiger partial charge in [0, 0.05) is 24.5 Å². The molecule has 0 spiro atoms. The van der Waals surface area contributed by atoms with Crippen molar-refractivity contribution >= 4 is 17.7 Å². The third kappa shape index (κ3) is 4.18. The van der Waals surface area contributed by atoms with Crippen LogP contribution in [0.25, 0.3) is 0 Å². The van der Waals surface area contributed by atoms with E-state index in [2.05, 4.69) is 9.97 Å². The molecular weight excluding hydrogens is 274 g/mol. The molecule has 1 aliphatic rings. The van der Waals surface area contributed by atoms with Gasteiger partial charge >= 0.3 is 0 Å². The fraction of sp³-hybridized carbons (Fsp3) is 0.643. The van der Waals surface area contributed by atoms with Gasteiger partial charge in [0.2, 0.25) is 5.91 Å². The topological polar surface area (TPSA) is 55.3 Å². The van der Waals surface area contributed by atoms with Crippen LogP contribution in [0.2, 0.25) is 0 Å². The summed E-state index contributed by atoms with van der Waals surface area (Å²) < 4.78 is 5.64. The highest BCUT2D eigenvalue weighted by atomic mass is 32.2. The third-order valence-corrected chi connectivity index (χ3v) is 3.89. The van der Waals surface area contributed by atoms with Crippen LogP contribution < -0.4 is 0 Å². The minimum absolute atomic E-state index is 0.102. The van der Waals surface area contributed by atoms with Gasteiger partial charge in [-0.1, -0.05) is 11.8 Å². The molecule has 0 aliphatic carbocycles. The Balaban J connectivity index is 1.91. The van der Waals surface area contributed by atoms with Crippen LogP contribution in [0.4, 0.5) is 0 Å². The van der Waals surface area contributed by atoms with Crippen LogP contribution in [0.5, 0.6) is 0 Å². The van der Waals surface area contributed by atoms with Crippen molar-refractivity contribution in [1.29, 1.82) is 0 Å². The maximum absolute atomic E-state index is 12.2. The number of thioether (sulfide) groups is 1. The molecule has 2 rings (SSSR count). The number of carbonyl (C=O) groups is 1. The van der Waals surface area contributed by atoms with E-state index in [0.717, 1.165) is 11.4 Å². The Morgan fingerprint density at radius 3 is 2.40 bits per heavy atom. The Morgan fingerprint density at radius 1 is 1.30 bits per heavy atom. The Bertz CT molecular complexity index is 465. The summed E-state index contributed by atoms with van der Waals surface area (Å²) in [6.45, 7) is 9.19. The zero-order valence-corrected chi connectivity index (χ0v) is 13.2. The smallest absolute Gasteiger partial charge is 0.233 e. The number of nitrogens with zero attached hydrogens (tertiary/aromatic N) is 3. The summed E-state index contributed by atoms with van der Waals surface area (Å²) in [5, 5.41) is 0.671. The summed E-state index contributed by atoms with van der Waals surface area (Å²) in [5.41, 5.74) is 1.86. The fourth-order valence-corrected chi connectivity index (χ4v) is 3.21. The second-order valence-corrected chi connectivity index (χ2v) is 6.22. The van der Waals surface area contributed by atoms with Crippen LogP contribution in [0.1, 0.15) is 25.2 Å². The lowest BCUT2D eigenvalue weighted by Gasteiger charge is -2.35. The molecular formula is C14H21N3O2S. The fourth-order valence-electron chi connectivity index (χ4n) is 2.36. The number of carbonyl (C=O) groups excluding carboxylic acids is 1. The summed E-state index contributed by atoms with van der Waals surface area (Å²) in [6, 6.07) is 1.93. The Labute approximate surface area is 124 Å². The molecule has 20 heavy (non-hydrogen) atoms. The Morgan fingerprint density at radius 2 is 1.85 bits per heavy atom. The number of ether oxygens (including phenoxy) is 1. The van der Waals surface area contributed by atoms with Gasteiger partial charge in [0.25, 0.3) is 0 Å². The Hall–Kier alpha value is -1.14. The lowest BCUT2D eigenvalue weighted by molar-refractivity contribution is -0.140. The van der Waals surface area contributed by atoms with Gasteiger partial charge in [-0.05, 0) is 33.8 Å². The first-order valence-corrected chi connectivity index (χ1v) is 7.81. The van der Waals surface area contributed by atoms with Crippen LogP contribution in [0.15, 0.2) is 11.2 Å². The van der Waals surface area contributed by atoms with E-state index in [1.54, 1.807) is 0 Å². The second-order valence-electron chi connectivity index (χ2n) is 5.28. The van der Waals surface area contributed by atoms with E-state index in [4.69, 9.17) is 4.74 Å². The highest BCUT2D eigenvalue weighted by Crippen LogP contribution is 2.17. The van der Waals surface area contributed by atoms with E-state index >= 15 is 0 Å². The van der Waals surface area contributed by atoms with Gasteiger partial charge in [-0.25, -0.2) is 9.97 Å². The normalized spacial score (nSPS) is 22.9. The van der Waals surface area contributed by atoms with Crippen molar-refractivity contribution in [2.24, 2.45) is 0 Å². The number of morpholine rings is 1. The van der Waals surface area contributed by atoms with Gasteiger partial charge in [-0.15, -0.1) is 0 Å². The van der Waals surface area contributed by atoms with Crippen molar-refractivity contribution in [3.63, 3.8) is 0 Å². The van der Waals surface area contributed by atoms with Gasteiger partial charge in [-0.2, -0.15) is 0 Å². The Kier molecular flexibility index (Phi) is 4.99. The molecule has 1 amide bonds. The third-order valence-electron chi connectivity index (χ3n) is 3.06. The number of rotatable bonds is 3. The van der Waals surface area contributed by atoms with Gasteiger partial charge in [-0.3, -0.25) is 4.79 Å². The SMILES string of the molecule is Cc1cc(C)nc(SCC(=O)N2CC(C)OC(C)C2)n1. The molecule has 1 aromatic rings. The van der Waals surface area contributed by atoms with Crippen LogP contribution in [0, 0.1) is 13.8 Å². The second kappa shape index (κ2) is 6.54. The van der Waals surface area contributed by atoms with Crippen LogP contribution in [-0.2, 0) is 9.53 Å². The standard InChI is InChI=1S/C14H21N3O2S/c1-9-5-10(2)16-14(15-9)20-8-13(18)17-6-11(3)19-12(4)7-17/h5,11-12H,6-8H2,1-4H3. The van der Waals surface area contributed by atoms with E-state index in [1.807, 2.05) is 38.7 Å². The lowest BCUT2D eigenvalue weighted by atomic mass is 10.2. The number of hydrogen-bond donors (Lipinski definition) is 0. The molecule has 1 aromatic heterocycles. The van der Waals surface area contributed by atoms with Gasteiger partial charge in [0.05, 0.1) is 18.0 Å². The number of aryl methyl sites for hydroxylation is 2. The van der Waals surface area contributed by atoms with E-state index in [-0.39, 0.29) is 18.1 Å². The quantitative estimate of drug-likeness (QED) is 0.629. The van der Waals surface area contributed by atoms with E-state index < -0.39 is 0 Å². The average Bonchev–Trinajstić information content (AvgIpc) is 2.33. The molecule has 1 aliphatic heterocycles. The molecule has 0 radical (unpaired) electrons. The van der Waals surface area contributed by atoms with Crippen LogP contribution in [-0.4, -0.2) is 51.8 Å². The minimum atomic E-state index is 0.102. The summed E-state index contributed by atoms with van der Waals surface area (Å²) in [6.07, 6.45) is 0.204. The molecule has 6 heteroatoms. The highest BCUT2D eigenvalue weighted by Gasteiger charge is 2.25. The lowest BCUT2D eigenvalue weighted by Crippen LogP contribution is -2.48. The molecule has 110 valence electrons. The maximum atomic E-state index is 12.2. The van der Waals surface area contributed by atoms with Crippen molar-refractivity contribution in [3.8, 4) is 0 Å². The van der Waals surface area contributed by atoms with Crippen LogP contribution >= 0.6 is 11.8 Å². The zero-order valence-electron chi connectivity index (χ0n) is 12.4. The predicted molar refractivity (Wildman–Crippen MR) is 78.8 cm³/mol. The molecule has 2 atom stereocenters. The molecule has 1 fully saturated rings. The number of aromatic nitrogens is 2. The number of amides is 1. The predicted octanol–water partition coefficient (Wildman–Crippen LogP) is 1.82. The largest absolute Gasteiger partial charge is 0.372 e. The summed E-state index contributed by atoms with van der Waals surface area (Å²) >= 11 is 1.40. The minimum Gasteiger partial charge on any atom is -0.372 e. The molecule has 0 bridgehead atoms. The molecule has 2 heterocycles. The van der Waals surface area contributed by atoms with Gasteiger partial charge < -0.3 is 9.64 Å². The molecule has 0 N–H and O–H groups in total. The molecule has 5 nitrogen and oxygen atoms in total. The zero-order chi connectivity index (χ0) is 14.7. The van der Waals surface area contributed by atoms with E-state index in [0.29, 0.717) is 24.0 Å². The van der Waals surface area contributed by atoms with Crippen LogP contribution in [0.3, 0.4) is 0 Å². The molecule has 1 saturated heterocycles. The van der Waals surface area contributed by atoms with Crippen molar-refractivity contribution in [1.82, 2.24) is 14.9 Å². The van der Waals surface area contributed by atoms with Crippen molar-refractivity contribution in [3.05, 3.63) is 17.5 Å². The number of hydrogen-bond acceptors (Lipinski definition) is 5. The summed E-state index contributed by atoms with van der Waals surface area (Å²) in [7, 11) is 0. The van der Waals surface area contributed by atoms with E-state index in [9.17, 15) is 4.79 Å². The van der Waals surface area contributed by atoms with Crippen molar-refractivity contribution in [2.75, 3.05) is 18.8 Å². The first-order valence-electron chi connectivity index (χ1n) is 6.82. The molecule has 0 aromatic carbocycles.